The molecule has 3 aromatic carbocycles. The average molecular weight is 614 g/mol. The molecular weight excluding hydrogens is 574 g/mol. The van der Waals surface area contributed by atoms with E-state index in [-0.39, 0.29) is 37.7 Å². The molecule has 0 radical (unpaired) electrons. The second-order valence-electron chi connectivity index (χ2n) is 10.1. The van der Waals surface area contributed by atoms with Crippen LogP contribution in [0.1, 0.15) is 43.7 Å². The standard InChI is InChI=1S/C32H40ClN3O5S/c1-4-5-20-34-32(38)30(22-25-11-7-6-8-12-25)35(24-26-16-18-27(33)19-17-26)31(37)15-10-21-36(42(3,39)40)28-13-9-14-29(23-28)41-2/h6-9,11-14,16-19,23,30H,4-5,10,15,20-22,24H2,1-3H3,(H,34,38)/t30-/m1/s1. The Labute approximate surface area is 254 Å². The number of amides is 2. The maximum absolute atomic E-state index is 13.9. The number of nitrogens with one attached hydrogen (secondary N) is 1. The summed E-state index contributed by atoms with van der Waals surface area (Å²) in [5.41, 5.74) is 2.23. The van der Waals surface area contributed by atoms with Crippen molar-refractivity contribution in [1.82, 2.24) is 10.2 Å². The zero-order valence-corrected chi connectivity index (χ0v) is 26.0. The van der Waals surface area contributed by atoms with E-state index in [1.807, 2.05) is 42.5 Å². The van der Waals surface area contributed by atoms with Crippen LogP contribution in [0.2, 0.25) is 5.02 Å². The van der Waals surface area contributed by atoms with Crippen molar-refractivity contribution in [3.63, 3.8) is 0 Å². The summed E-state index contributed by atoms with van der Waals surface area (Å²) in [5, 5.41) is 3.58. The van der Waals surface area contributed by atoms with Crippen LogP contribution >= 0.6 is 11.6 Å². The summed E-state index contributed by atoms with van der Waals surface area (Å²) in [5.74, 6) is 0.0728. The zero-order chi connectivity index (χ0) is 30.5. The quantitative estimate of drug-likeness (QED) is 0.217. The molecule has 0 unspecified atom stereocenters. The topological polar surface area (TPSA) is 96.0 Å². The molecule has 8 nitrogen and oxygen atoms in total. The molecule has 42 heavy (non-hydrogen) atoms. The number of hydrogen-bond donors (Lipinski definition) is 1. The van der Waals surface area contributed by atoms with E-state index in [0.717, 1.165) is 30.2 Å². The molecule has 0 bridgehead atoms. The molecule has 1 N–H and O–H groups in total. The lowest BCUT2D eigenvalue weighted by Gasteiger charge is -2.32. The Kier molecular flexibility index (Phi) is 12.7. The summed E-state index contributed by atoms with van der Waals surface area (Å²) < 4.78 is 31.9. The van der Waals surface area contributed by atoms with E-state index in [4.69, 9.17) is 16.3 Å². The molecule has 0 saturated heterocycles. The normalized spacial score (nSPS) is 11.9. The lowest BCUT2D eigenvalue weighted by molar-refractivity contribution is -0.141. The van der Waals surface area contributed by atoms with Crippen molar-refractivity contribution in [1.29, 1.82) is 0 Å². The SMILES string of the molecule is CCCCNC(=O)[C@@H](Cc1ccccc1)N(Cc1ccc(Cl)cc1)C(=O)CCCN(c1cccc(OC)c1)S(C)(=O)=O. The highest BCUT2D eigenvalue weighted by Crippen LogP contribution is 2.24. The van der Waals surface area contributed by atoms with Crippen LogP contribution in [-0.2, 0) is 32.6 Å². The molecule has 0 aliphatic rings. The molecule has 0 saturated carbocycles. The number of hydrogen-bond acceptors (Lipinski definition) is 5. The Morgan fingerprint density at radius 2 is 1.67 bits per heavy atom. The number of unbranched alkanes of at least 4 members (excludes halogenated alkanes) is 1. The summed E-state index contributed by atoms with van der Waals surface area (Å²) in [6, 6.07) is 22.8. The van der Waals surface area contributed by atoms with Gasteiger partial charge in [-0.05, 0) is 48.2 Å². The lowest BCUT2D eigenvalue weighted by atomic mass is 10.0. The van der Waals surface area contributed by atoms with Crippen molar-refractivity contribution in [2.24, 2.45) is 0 Å². The predicted molar refractivity (Wildman–Crippen MR) is 168 cm³/mol. The third-order valence-electron chi connectivity index (χ3n) is 6.86. The van der Waals surface area contributed by atoms with Crippen molar-refractivity contribution in [2.45, 2.75) is 51.6 Å². The van der Waals surface area contributed by atoms with Crippen molar-refractivity contribution in [3.05, 3.63) is 95.0 Å². The van der Waals surface area contributed by atoms with Gasteiger partial charge in [-0.2, -0.15) is 0 Å². The van der Waals surface area contributed by atoms with Gasteiger partial charge >= 0.3 is 0 Å². The van der Waals surface area contributed by atoms with Crippen molar-refractivity contribution >= 4 is 39.1 Å². The first-order valence-electron chi connectivity index (χ1n) is 14.1. The van der Waals surface area contributed by atoms with Crippen molar-refractivity contribution < 1.29 is 22.7 Å². The maximum Gasteiger partial charge on any atom is 0.243 e. The smallest absolute Gasteiger partial charge is 0.243 e. The van der Waals surface area contributed by atoms with Gasteiger partial charge in [0.2, 0.25) is 21.8 Å². The number of ether oxygens (including phenoxy) is 1. The van der Waals surface area contributed by atoms with Gasteiger partial charge in [-0.1, -0.05) is 73.5 Å². The van der Waals surface area contributed by atoms with Gasteiger partial charge in [0.05, 0.1) is 19.1 Å². The molecule has 3 aromatic rings. The number of rotatable bonds is 16. The van der Waals surface area contributed by atoms with Crippen LogP contribution in [0.3, 0.4) is 0 Å². The van der Waals surface area contributed by atoms with Gasteiger partial charge in [0.1, 0.15) is 11.8 Å². The van der Waals surface area contributed by atoms with E-state index in [0.29, 0.717) is 29.4 Å². The third kappa shape index (κ3) is 10.1. The van der Waals surface area contributed by atoms with Crippen LogP contribution < -0.4 is 14.4 Å². The molecule has 0 fully saturated rings. The van der Waals surface area contributed by atoms with Gasteiger partial charge in [0.15, 0.2) is 0 Å². The molecular formula is C32H40ClN3O5S. The molecule has 0 heterocycles. The second-order valence-corrected chi connectivity index (χ2v) is 12.5. The van der Waals surface area contributed by atoms with Gasteiger partial charge in [0, 0.05) is 43.6 Å². The van der Waals surface area contributed by atoms with Crippen LogP contribution in [0.15, 0.2) is 78.9 Å². The fraction of sp³-hybridized carbons (Fsp3) is 0.375. The Morgan fingerprint density at radius 3 is 2.31 bits per heavy atom. The molecule has 0 aromatic heterocycles. The van der Waals surface area contributed by atoms with E-state index >= 15 is 0 Å². The van der Waals surface area contributed by atoms with Crippen molar-refractivity contribution in [3.8, 4) is 5.75 Å². The highest BCUT2D eigenvalue weighted by Gasteiger charge is 2.30. The minimum absolute atomic E-state index is 0.0527. The monoisotopic (exact) mass is 613 g/mol. The Morgan fingerprint density at radius 1 is 0.952 bits per heavy atom. The van der Waals surface area contributed by atoms with Gasteiger partial charge in [-0.15, -0.1) is 0 Å². The first kappa shape index (κ1) is 32.9. The lowest BCUT2D eigenvalue weighted by Crippen LogP contribution is -2.50. The number of carbonyl (C=O) groups excluding carboxylic acids is 2. The molecule has 0 aliphatic heterocycles. The van der Waals surface area contributed by atoms with E-state index < -0.39 is 16.1 Å². The van der Waals surface area contributed by atoms with Crippen molar-refractivity contribution in [2.75, 3.05) is 30.8 Å². The molecule has 2 amide bonds. The van der Waals surface area contributed by atoms with Gasteiger partial charge in [-0.3, -0.25) is 13.9 Å². The number of benzene rings is 3. The number of halogens is 1. The highest BCUT2D eigenvalue weighted by atomic mass is 35.5. The first-order chi connectivity index (χ1) is 20.1. The minimum Gasteiger partial charge on any atom is -0.497 e. The Bertz CT molecular complexity index is 1400. The summed E-state index contributed by atoms with van der Waals surface area (Å²) in [7, 11) is -2.10. The van der Waals surface area contributed by atoms with E-state index in [1.165, 1.54) is 11.4 Å². The molecule has 10 heteroatoms. The van der Waals surface area contributed by atoms with Crippen LogP contribution in [0, 0.1) is 0 Å². The number of sulfonamides is 1. The average Bonchev–Trinajstić information content (AvgIpc) is 2.98. The highest BCUT2D eigenvalue weighted by molar-refractivity contribution is 7.92. The number of anilines is 1. The van der Waals surface area contributed by atoms with Crippen LogP contribution in [0.4, 0.5) is 5.69 Å². The molecule has 0 aliphatic carbocycles. The van der Waals surface area contributed by atoms with E-state index in [2.05, 4.69) is 12.2 Å². The molecule has 226 valence electrons. The van der Waals surface area contributed by atoms with Gasteiger partial charge < -0.3 is 15.0 Å². The fourth-order valence-corrected chi connectivity index (χ4v) is 5.70. The molecule has 1 atom stereocenters. The number of carbonyl (C=O) groups is 2. The molecule has 0 spiro atoms. The Balaban J connectivity index is 1.86. The van der Waals surface area contributed by atoms with Crippen LogP contribution in [0.5, 0.6) is 5.75 Å². The summed E-state index contributed by atoms with van der Waals surface area (Å²) in [4.78, 5) is 29.0. The zero-order valence-electron chi connectivity index (χ0n) is 24.5. The summed E-state index contributed by atoms with van der Waals surface area (Å²) in [6.45, 7) is 2.88. The largest absolute Gasteiger partial charge is 0.497 e. The van der Waals surface area contributed by atoms with Crippen LogP contribution in [-0.4, -0.2) is 57.6 Å². The third-order valence-corrected chi connectivity index (χ3v) is 8.31. The Hall–Kier alpha value is -3.56. The summed E-state index contributed by atoms with van der Waals surface area (Å²) >= 11 is 6.10. The summed E-state index contributed by atoms with van der Waals surface area (Å²) in [6.07, 6.45) is 3.56. The van der Waals surface area contributed by atoms with Crippen LogP contribution in [0.25, 0.3) is 0 Å². The van der Waals surface area contributed by atoms with E-state index in [9.17, 15) is 18.0 Å². The fourth-order valence-electron chi connectivity index (χ4n) is 4.62. The van der Waals surface area contributed by atoms with E-state index in [1.54, 1.807) is 41.3 Å². The minimum atomic E-state index is -3.62. The second kappa shape index (κ2) is 16.2. The first-order valence-corrected chi connectivity index (χ1v) is 16.3. The van der Waals surface area contributed by atoms with Gasteiger partial charge in [-0.25, -0.2) is 8.42 Å². The van der Waals surface area contributed by atoms with Gasteiger partial charge in [0.25, 0.3) is 0 Å². The maximum atomic E-state index is 13.9. The number of nitrogens with zero attached hydrogens (tertiary/aromatic N) is 2. The number of methoxy groups -OCH3 is 1. The predicted octanol–water partition coefficient (Wildman–Crippen LogP) is 5.45. The molecule has 3 rings (SSSR count).